The van der Waals surface area contributed by atoms with Crippen LogP contribution in [0.1, 0.15) is 63.9 Å². The minimum atomic E-state index is -3.72. The Morgan fingerprint density at radius 2 is 1.66 bits per heavy atom. The van der Waals surface area contributed by atoms with Crippen LogP contribution in [0.5, 0.6) is 0 Å². The van der Waals surface area contributed by atoms with Gasteiger partial charge >= 0.3 is 0 Å². The molecule has 3 aromatic carbocycles. The van der Waals surface area contributed by atoms with Crippen molar-refractivity contribution in [1.82, 2.24) is 10.2 Å². The second-order valence-corrected chi connectivity index (χ2v) is 13.4. The number of nitrogens with zero attached hydrogens (tertiary/aromatic N) is 2. The predicted octanol–water partition coefficient (Wildman–Crippen LogP) is 6.69. The van der Waals surface area contributed by atoms with Crippen LogP contribution in [-0.2, 0) is 26.2 Å². The number of carbonyl (C=O) groups excluding carboxylic acids is 2. The summed E-state index contributed by atoms with van der Waals surface area (Å²) in [5, 5.41) is 5.58. The van der Waals surface area contributed by atoms with Crippen molar-refractivity contribution < 1.29 is 18.0 Å². The number of amides is 2. The molecular formula is C31H35Cl2N3O4S. The first-order valence-electron chi connectivity index (χ1n) is 14.3. The normalized spacial score (nSPS) is 17.0. The third-order valence-electron chi connectivity index (χ3n) is 8.16. The lowest BCUT2D eigenvalue weighted by molar-refractivity contribution is -0.141. The third-order valence-corrected chi connectivity index (χ3v) is 10.7. The van der Waals surface area contributed by atoms with Gasteiger partial charge in [-0.25, -0.2) is 8.42 Å². The summed E-state index contributed by atoms with van der Waals surface area (Å²) in [5.41, 5.74) is 1.21. The van der Waals surface area contributed by atoms with Gasteiger partial charge in [0.25, 0.3) is 10.0 Å². The molecule has 1 N–H and O–H groups in total. The molecule has 0 radical (unpaired) electrons. The molecule has 1 atom stereocenters. The van der Waals surface area contributed by atoms with E-state index in [-0.39, 0.29) is 48.7 Å². The van der Waals surface area contributed by atoms with Gasteiger partial charge in [-0.3, -0.25) is 13.9 Å². The highest BCUT2D eigenvalue weighted by Gasteiger charge is 2.36. The van der Waals surface area contributed by atoms with E-state index in [1.54, 1.807) is 41.3 Å². The van der Waals surface area contributed by atoms with Crippen molar-refractivity contribution in [2.45, 2.75) is 81.8 Å². The molecule has 10 heteroatoms. The van der Waals surface area contributed by atoms with Gasteiger partial charge in [0.15, 0.2) is 0 Å². The SMILES string of the molecule is CC[C@H](C(=O)NC1CCCCC1)N(Cc1c(Cl)cccc1Cl)C(=O)CCCN1c2cccc3cccc(c23)S1(=O)=O. The van der Waals surface area contributed by atoms with E-state index >= 15 is 0 Å². The van der Waals surface area contributed by atoms with Gasteiger partial charge in [0.1, 0.15) is 6.04 Å². The minimum Gasteiger partial charge on any atom is -0.352 e. The fraction of sp³-hybridized carbons (Fsp3) is 0.419. The van der Waals surface area contributed by atoms with Crippen molar-refractivity contribution in [1.29, 1.82) is 0 Å². The maximum Gasteiger partial charge on any atom is 0.265 e. The fourth-order valence-electron chi connectivity index (χ4n) is 6.03. The summed E-state index contributed by atoms with van der Waals surface area (Å²) in [5.74, 6) is -0.431. The van der Waals surface area contributed by atoms with Gasteiger partial charge in [0, 0.05) is 46.5 Å². The highest BCUT2D eigenvalue weighted by atomic mass is 35.5. The summed E-state index contributed by atoms with van der Waals surface area (Å²) in [6.07, 6.45) is 5.98. The van der Waals surface area contributed by atoms with E-state index < -0.39 is 16.1 Å². The Kier molecular flexibility index (Phi) is 9.12. The third kappa shape index (κ3) is 6.06. The van der Waals surface area contributed by atoms with Crippen molar-refractivity contribution in [2.24, 2.45) is 0 Å². The lowest BCUT2D eigenvalue weighted by atomic mass is 9.95. The molecule has 2 amide bonds. The summed E-state index contributed by atoms with van der Waals surface area (Å²) < 4.78 is 28.1. The van der Waals surface area contributed by atoms with Gasteiger partial charge in [-0.1, -0.05) is 79.7 Å². The Balaban J connectivity index is 1.34. The van der Waals surface area contributed by atoms with Crippen LogP contribution >= 0.6 is 23.2 Å². The lowest BCUT2D eigenvalue weighted by Crippen LogP contribution is -2.51. The molecule has 0 aromatic heterocycles. The van der Waals surface area contributed by atoms with E-state index in [0.29, 0.717) is 33.1 Å². The molecule has 1 aliphatic heterocycles. The number of benzene rings is 3. The molecule has 0 bridgehead atoms. The summed E-state index contributed by atoms with van der Waals surface area (Å²) in [4.78, 5) is 29.1. The van der Waals surface area contributed by atoms with Gasteiger partial charge in [-0.2, -0.15) is 0 Å². The van der Waals surface area contributed by atoms with E-state index in [9.17, 15) is 18.0 Å². The number of halogens is 2. The zero-order valence-electron chi connectivity index (χ0n) is 23.1. The van der Waals surface area contributed by atoms with E-state index in [1.807, 2.05) is 25.1 Å². The first-order valence-corrected chi connectivity index (χ1v) is 16.5. The molecule has 0 spiro atoms. The number of hydrogen-bond donors (Lipinski definition) is 1. The van der Waals surface area contributed by atoms with E-state index in [0.717, 1.165) is 31.1 Å². The number of rotatable bonds is 10. The monoisotopic (exact) mass is 615 g/mol. The zero-order valence-corrected chi connectivity index (χ0v) is 25.4. The molecule has 1 saturated carbocycles. The maximum atomic E-state index is 13.8. The highest BCUT2D eigenvalue weighted by molar-refractivity contribution is 7.93. The van der Waals surface area contributed by atoms with Crippen molar-refractivity contribution in [3.05, 3.63) is 70.2 Å². The van der Waals surface area contributed by atoms with E-state index in [1.165, 1.54) is 10.7 Å². The average molecular weight is 617 g/mol. The first kappa shape index (κ1) is 29.7. The van der Waals surface area contributed by atoms with Crippen molar-refractivity contribution in [3.63, 3.8) is 0 Å². The molecule has 0 saturated heterocycles. The Morgan fingerprint density at radius 3 is 2.34 bits per heavy atom. The topological polar surface area (TPSA) is 86.8 Å². The van der Waals surface area contributed by atoms with Gasteiger partial charge in [-0.05, 0) is 55.3 Å². The maximum absolute atomic E-state index is 13.8. The molecule has 2 aliphatic rings. The van der Waals surface area contributed by atoms with Crippen LogP contribution < -0.4 is 9.62 Å². The minimum absolute atomic E-state index is 0.0631. The Labute approximate surface area is 251 Å². The van der Waals surface area contributed by atoms with Crippen LogP contribution in [0.25, 0.3) is 10.8 Å². The van der Waals surface area contributed by atoms with Gasteiger partial charge in [0.05, 0.1) is 10.6 Å². The molecular weight excluding hydrogens is 581 g/mol. The smallest absolute Gasteiger partial charge is 0.265 e. The van der Waals surface area contributed by atoms with Crippen molar-refractivity contribution in [3.8, 4) is 0 Å². The fourth-order valence-corrected chi connectivity index (χ4v) is 8.30. The summed E-state index contributed by atoms with van der Waals surface area (Å²) in [7, 11) is -3.72. The Bertz CT molecular complexity index is 1530. The Hall–Kier alpha value is -2.81. The molecule has 1 aliphatic carbocycles. The van der Waals surface area contributed by atoms with Crippen LogP contribution in [-0.4, -0.2) is 43.8 Å². The standard InChI is InChI=1S/C31H35Cl2N3O4S/c1-2-26(31(38)34-22-12-4-3-5-13-22)35(20-23-24(32)14-8-15-25(23)33)29(37)18-9-19-36-27-16-6-10-21-11-7-17-28(30(21)27)41(36,39)40/h6-8,10-11,14-17,22,26H,2-5,9,12-13,18-20H2,1H3,(H,34,38)/t26-/m1/s1. The van der Waals surface area contributed by atoms with Crippen LogP contribution in [0.2, 0.25) is 10.0 Å². The summed E-state index contributed by atoms with van der Waals surface area (Å²) >= 11 is 12.9. The van der Waals surface area contributed by atoms with Gasteiger partial charge in [0.2, 0.25) is 11.8 Å². The predicted molar refractivity (Wildman–Crippen MR) is 164 cm³/mol. The van der Waals surface area contributed by atoms with Crippen LogP contribution in [0.3, 0.4) is 0 Å². The molecule has 1 heterocycles. The molecule has 1 fully saturated rings. The van der Waals surface area contributed by atoms with Gasteiger partial charge in [-0.15, -0.1) is 0 Å². The lowest BCUT2D eigenvalue weighted by Gasteiger charge is -2.33. The van der Waals surface area contributed by atoms with Crippen LogP contribution in [0.15, 0.2) is 59.5 Å². The summed E-state index contributed by atoms with van der Waals surface area (Å²) in [6.45, 7) is 2.11. The second kappa shape index (κ2) is 12.6. The number of hydrogen-bond acceptors (Lipinski definition) is 4. The van der Waals surface area contributed by atoms with Crippen LogP contribution in [0, 0.1) is 0 Å². The molecule has 41 heavy (non-hydrogen) atoms. The number of nitrogens with one attached hydrogen (secondary N) is 1. The number of anilines is 1. The van der Waals surface area contributed by atoms with Crippen LogP contribution in [0.4, 0.5) is 5.69 Å². The number of carbonyl (C=O) groups is 2. The quantitative estimate of drug-likeness (QED) is 0.275. The molecule has 0 unspecified atom stereocenters. The molecule has 5 rings (SSSR count). The largest absolute Gasteiger partial charge is 0.352 e. The Morgan fingerprint density at radius 1 is 1.00 bits per heavy atom. The average Bonchev–Trinajstić information content (AvgIpc) is 3.18. The van der Waals surface area contributed by atoms with E-state index in [4.69, 9.17) is 23.2 Å². The van der Waals surface area contributed by atoms with E-state index in [2.05, 4.69) is 5.32 Å². The highest BCUT2D eigenvalue weighted by Crippen LogP contribution is 2.42. The van der Waals surface area contributed by atoms with Gasteiger partial charge < -0.3 is 10.2 Å². The zero-order chi connectivity index (χ0) is 29.1. The number of sulfonamides is 1. The summed E-state index contributed by atoms with van der Waals surface area (Å²) in [6, 6.07) is 15.4. The van der Waals surface area contributed by atoms with Crippen molar-refractivity contribution in [2.75, 3.05) is 10.8 Å². The molecule has 7 nitrogen and oxygen atoms in total. The molecule has 218 valence electrons. The first-order chi connectivity index (χ1) is 19.7. The molecule has 3 aromatic rings. The second-order valence-electron chi connectivity index (χ2n) is 10.8. The van der Waals surface area contributed by atoms with Crippen molar-refractivity contribution >= 4 is 61.5 Å².